The number of aromatic hydroxyl groups is 1. The van der Waals surface area contributed by atoms with Crippen LogP contribution in [0, 0.1) is 0 Å². The van der Waals surface area contributed by atoms with Gasteiger partial charge in [0.2, 0.25) is 5.91 Å². The number of aliphatic carboxylic acids is 1. The Hall–Kier alpha value is -2.24. The molecule has 2 N–H and O–H groups in total. The van der Waals surface area contributed by atoms with Crippen LogP contribution in [0.1, 0.15) is 31.2 Å². The molecular weight excluding hydrogens is 274 g/mol. The highest BCUT2D eigenvalue weighted by molar-refractivity contribution is 5.76. The van der Waals surface area contributed by atoms with Gasteiger partial charge in [-0.1, -0.05) is 6.07 Å². The number of methoxy groups -OCH3 is 1. The van der Waals surface area contributed by atoms with E-state index in [9.17, 15) is 14.7 Å². The Morgan fingerprint density at radius 2 is 1.90 bits per heavy atom. The summed E-state index contributed by atoms with van der Waals surface area (Å²) in [5.41, 5.74) is 0.853. The number of phenolic OH excluding ortho intramolecular Hbond substituents is 1. The Kier molecular flexibility index (Phi) is 6.52. The summed E-state index contributed by atoms with van der Waals surface area (Å²) in [6, 6.07) is 4.94. The fourth-order valence-corrected chi connectivity index (χ4v) is 1.93. The SMILES string of the molecule is COc1cc(CN(C)C(=O)CCCCC(=O)O)ccc1O. The monoisotopic (exact) mass is 295 g/mol. The predicted molar refractivity (Wildman–Crippen MR) is 77.2 cm³/mol. The van der Waals surface area contributed by atoms with Gasteiger partial charge in [0.15, 0.2) is 11.5 Å². The zero-order chi connectivity index (χ0) is 15.8. The van der Waals surface area contributed by atoms with Gasteiger partial charge in [-0.3, -0.25) is 9.59 Å². The number of hydrogen-bond acceptors (Lipinski definition) is 4. The maximum Gasteiger partial charge on any atom is 0.303 e. The lowest BCUT2D eigenvalue weighted by atomic mass is 10.1. The lowest BCUT2D eigenvalue weighted by Crippen LogP contribution is -2.25. The molecule has 1 aromatic carbocycles. The summed E-state index contributed by atoms with van der Waals surface area (Å²) in [7, 11) is 3.16. The smallest absolute Gasteiger partial charge is 0.303 e. The molecule has 0 bridgehead atoms. The van der Waals surface area contributed by atoms with Gasteiger partial charge in [-0.15, -0.1) is 0 Å². The van der Waals surface area contributed by atoms with E-state index in [-0.39, 0.29) is 18.1 Å². The molecule has 0 fully saturated rings. The van der Waals surface area contributed by atoms with E-state index in [0.29, 0.717) is 31.6 Å². The van der Waals surface area contributed by atoms with Crippen molar-refractivity contribution in [2.75, 3.05) is 14.2 Å². The number of hydrogen-bond donors (Lipinski definition) is 2. The van der Waals surface area contributed by atoms with Crippen LogP contribution in [-0.2, 0) is 16.1 Å². The Balaban J connectivity index is 2.46. The summed E-state index contributed by atoms with van der Waals surface area (Å²) in [5, 5.41) is 18.0. The first-order valence-electron chi connectivity index (χ1n) is 6.75. The number of carbonyl (C=O) groups excluding carboxylic acids is 1. The minimum Gasteiger partial charge on any atom is -0.504 e. The van der Waals surface area contributed by atoms with Crippen LogP contribution in [0.3, 0.4) is 0 Å². The molecule has 0 spiro atoms. The second-order valence-electron chi connectivity index (χ2n) is 4.86. The number of nitrogens with zero attached hydrogens (tertiary/aromatic N) is 1. The van der Waals surface area contributed by atoms with E-state index in [1.807, 2.05) is 0 Å². The third-order valence-electron chi connectivity index (χ3n) is 3.12. The number of unbranched alkanes of at least 4 members (excludes halogenated alkanes) is 1. The molecule has 1 rings (SSSR count). The number of carbonyl (C=O) groups is 2. The summed E-state index contributed by atoms with van der Waals surface area (Å²) >= 11 is 0. The Bertz CT molecular complexity index is 501. The van der Waals surface area contributed by atoms with Crippen molar-refractivity contribution < 1.29 is 24.5 Å². The first-order chi connectivity index (χ1) is 9.93. The van der Waals surface area contributed by atoms with Crippen molar-refractivity contribution in [3.63, 3.8) is 0 Å². The van der Waals surface area contributed by atoms with Crippen LogP contribution in [0.2, 0.25) is 0 Å². The molecule has 1 amide bonds. The molecular formula is C15H21NO5. The van der Waals surface area contributed by atoms with Crippen LogP contribution in [-0.4, -0.2) is 41.1 Å². The summed E-state index contributed by atoms with van der Waals surface area (Å²) in [6.45, 7) is 0.411. The fourth-order valence-electron chi connectivity index (χ4n) is 1.93. The fraction of sp³-hybridized carbons (Fsp3) is 0.467. The third kappa shape index (κ3) is 5.72. The van der Waals surface area contributed by atoms with Crippen LogP contribution in [0.5, 0.6) is 11.5 Å². The van der Waals surface area contributed by atoms with Crippen LogP contribution in [0.15, 0.2) is 18.2 Å². The molecule has 0 aliphatic carbocycles. The third-order valence-corrected chi connectivity index (χ3v) is 3.12. The highest BCUT2D eigenvalue weighted by Crippen LogP contribution is 2.26. The Labute approximate surface area is 124 Å². The topological polar surface area (TPSA) is 87.1 Å². The number of benzene rings is 1. The van der Waals surface area contributed by atoms with Crippen LogP contribution in [0.25, 0.3) is 0 Å². The largest absolute Gasteiger partial charge is 0.504 e. The Morgan fingerprint density at radius 3 is 2.52 bits per heavy atom. The highest BCUT2D eigenvalue weighted by Gasteiger charge is 2.11. The zero-order valence-corrected chi connectivity index (χ0v) is 12.3. The molecule has 0 unspecified atom stereocenters. The summed E-state index contributed by atoms with van der Waals surface area (Å²) < 4.78 is 5.02. The molecule has 21 heavy (non-hydrogen) atoms. The minimum atomic E-state index is -0.841. The maximum absolute atomic E-state index is 11.9. The number of phenols is 1. The average Bonchev–Trinajstić information content (AvgIpc) is 2.45. The van der Waals surface area contributed by atoms with E-state index < -0.39 is 5.97 Å². The Morgan fingerprint density at radius 1 is 1.24 bits per heavy atom. The van der Waals surface area contributed by atoms with E-state index in [2.05, 4.69) is 0 Å². The molecule has 0 atom stereocenters. The van der Waals surface area contributed by atoms with Gasteiger partial charge in [0.1, 0.15) is 0 Å². The standard InChI is InChI=1S/C15H21NO5/c1-16(14(18)5-3-4-6-15(19)20)10-11-7-8-12(17)13(9-11)21-2/h7-9,17H,3-6,10H2,1-2H3,(H,19,20). The molecule has 0 heterocycles. The molecule has 6 heteroatoms. The second-order valence-corrected chi connectivity index (χ2v) is 4.86. The number of ether oxygens (including phenoxy) is 1. The molecule has 0 saturated carbocycles. The number of carboxylic acid groups (broad SMARTS) is 1. The van der Waals surface area contributed by atoms with Crippen molar-refractivity contribution in [2.24, 2.45) is 0 Å². The zero-order valence-electron chi connectivity index (χ0n) is 12.3. The maximum atomic E-state index is 11.9. The lowest BCUT2D eigenvalue weighted by Gasteiger charge is -2.18. The normalized spacial score (nSPS) is 10.2. The van der Waals surface area contributed by atoms with Crippen LogP contribution in [0.4, 0.5) is 0 Å². The van der Waals surface area contributed by atoms with Crippen molar-refractivity contribution in [1.82, 2.24) is 4.90 Å². The van der Waals surface area contributed by atoms with Crippen LogP contribution >= 0.6 is 0 Å². The number of carboxylic acids is 1. The van der Waals surface area contributed by atoms with Crippen molar-refractivity contribution in [3.05, 3.63) is 23.8 Å². The molecule has 1 aromatic rings. The molecule has 6 nitrogen and oxygen atoms in total. The van der Waals surface area contributed by atoms with Gasteiger partial charge in [-0.2, -0.15) is 0 Å². The van der Waals surface area contributed by atoms with Gasteiger partial charge >= 0.3 is 5.97 Å². The summed E-state index contributed by atoms with van der Waals surface area (Å²) in [4.78, 5) is 23.9. The predicted octanol–water partition coefficient (Wildman–Crippen LogP) is 2.00. The van der Waals surface area contributed by atoms with Crippen molar-refractivity contribution in [1.29, 1.82) is 0 Å². The van der Waals surface area contributed by atoms with Gasteiger partial charge in [0.25, 0.3) is 0 Å². The van der Waals surface area contributed by atoms with Crippen molar-refractivity contribution in [3.8, 4) is 11.5 Å². The van der Waals surface area contributed by atoms with Gasteiger partial charge in [-0.25, -0.2) is 0 Å². The summed E-state index contributed by atoms with van der Waals surface area (Å²) in [5.74, 6) is -0.446. The van der Waals surface area contributed by atoms with Crippen molar-refractivity contribution >= 4 is 11.9 Å². The molecule has 0 radical (unpaired) electrons. The molecule has 0 aromatic heterocycles. The molecule has 0 aliphatic rings. The van der Waals surface area contributed by atoms with E-state index in [4.69, 9.17) is 9.84 Å². The van der Waals surface area contributed by atoms with Crippen LogP contribution < -0.4 is 4.74 Å². The first kappa shape index (κ1) is 16.8. The van der Waals surface area contributed by atoms with Gasteiger partial charge in [0, 0.05) is 26.4 Å². The van der Waals surface area contributed by atoms with E-state index >= 15 is 0 Å². The number of rotatable bonds is 8. The first-order valence-corrected chi connectivity index (χ1v) is 6.75. The molecule has 0 aliphatic heterocycles. The molecule has 0 saturated heterocycles. The lowest BCUT2D eigenvalue weighted by molar-refractivity contribution is -0.137. The van der Waals surface area contributed by atoms with Gasteiger partial charge in [-0.05, 0) is 30.5 Å². The van der Waals surface area contributed by atoms with Crippen molar-refractivity contribution in [2.45, 2.75) is 32.2 Å². The molecule has 116 valence electrons. The average molecular weight is 295 g/mol. The van der Waals surface area contributed by atoms with E-state index in [0.717, 1.165) is 5.56 Å². The minimum absolute atomic E-state index is 0.0348. The van der Waals surface area contributed by atoms with Gasteiger partial charge < -0.3 is 19.8 Å². The highest BCUT2D eigenvalue weighted by atomic mass is 16.5. The van der Waals surface area contributed by atoms with E-state index in [1.165, 1.54) is 13.2 Å². The quantitative estimate of drug-likeness (QED) is 0.716. The second kappa shape index (κ2) is 8.14. The van der Waals surface area contributed by atoms with E-state index in [1.54, 1.807) is 24.1 Å². The number of amides is 1. The summed E-state index contributed by atoms with van der Waals surface area (Å²) in [6.07, 6.45) is 1.49. The van der Waals surface area contributed by atoms with Gasteiger partial charge in [0.05, 0.1) is 7.11 Å².